The molecular weight excluding hydrogens is 190 g/mol. The molecule has 3 N–H and O–H groups in total. The molecule has 0 amide bonds. The summed E-state index contributed by atoms with van der Waals surface area (Å²) in [7, 11) is 0. The lowest BCUT2D eigenvalue weighted by molar-refractivity contribution is 0.397. The molecule has 1 aromatic rings. The molecule has 3 nitrogen and oxygen atoms in total. The van der Waals surface area contributed by atoms with Crippen LogP contribution in [-0.2, 0) is 12.8 Å². The van der Waals surface area contributed by atoms with E-state index in [0.29, 0.717) is 0 Å². The number of phenolic OH excluding ortho intramolecular Hbond substituents is 2. The molecule has 1 heterocycles. The van der Waals surface area contributed by atoms with Crippen LogP contribution in [0.4, 0.5) is 0 Å². The van der Waals surface area contributed by atoms with E-state index in [4.69, 9.17) is 0 Å². The zero-order valence-electron chi connectivity index (χ0n) is 8.58. The summed E-state index contributed by atoms with van der Waals surface area (Å²) in [5.41, 5.74) is 2.57. The second-order valence-electron chi connectivity index (χ2n) is 4.77. The van der Waals surface area contributed by atoms with Crippen molar-refractivity contribution in [1.29, 1.82) is 0 Å². The summed E-state index contributed by atoms with van der Waals surface area (Å²) >= 11 is 0. The number of aromatic hydroxyl groups is 2. The highest BCUT2D eigenvalue weighted by atomic mass is 16.3. The van der Waals surface area contributed by atoms with Crippen LogP contribution in [-0.4, -0.2) is 22.3 Å². The molecule has 2 aliphatic rings. The highest BCUT2D eigenvalue weighted by Crippen LogP contribution is 2.40. The molecule has 1 fully saturated rings. The Morgan fingerprint density at radius 1 is 1.07 bits per heavy atom. The van der Waals surface area contributed by atoms with Crippen molar-refractivity contribution in [1.82, 2.24) is 5.32 Å². The third-order valence-electron chi connectivity index (χ3n) is 3.69. The molecule has 0 aromatic heterocycles. The summed E-state index contributed by atoms with van der Waals surface area (Å²) in [6, 6.07) is 3.42. The van der Waals surface area contributed by atoms with Gasteiger partial charge in [0.15, 0.2) is 11.5 Å². The molecule has 3 heteroatoms. The molecule has 1 aliphatic carbocycles. The minimum atomic E-state index is 0.00352. The van der Waals surface area contributed by atoms with Crippen LogP contribution < -0.4 is 5.32 Å². The van der Waals surface area contributed by atoms with Gasteiger partial charge in [-0.05, 0) is 55.5 Å². The zero-order chi connectivity index (χ0) is 10.5. The standard InChI is InChI=1S/C12H15NO2/c14-10-4-8-6-12(2-1-3-13-12)7-9(8)5-11(10)15/h4-5,13-15H,1-3,6-7H2. The number of phenols is 2. The van der Waals surface area contributed by atoms with E-state index >= 15 is 0 Å². The molecule has 0 saturated carbocycles. The van der Waals surface area contributed by atoms with Crippen molar-refractivity contribution in [2.45, 2.75) is 31.2 Å². The predicted octanol–water partition coefficient (Wildman–Crippen LogP) is 1.32. The Morgan fingerprint density at radius 3 is 2.13 bits per heavy atom. The van der Waals surface area contributed by atoms with Crippen molar-refractivity contribution in [3.05, 3.63) is 23.3 Å². The van der Waals surface area contributed by atoms with E-state index < -0.39 is 0 Å². The maximum Gasteiger partial charge on any atom is 0.157 e. The monoisotopic (exact) mass is 205 g/mol. The molecule has 0 atom stereocenters. The van der Waals surface area contributed by atoms with Gasteiger partial charge in [-0.3, -0.25) is 0 Å². The van der Waals surface area contributed by atoms with Gasteiger partial charge in [0.1, 0.15) is 0 Å². The van der Waals surface area contributed by atoms with Crippen molar-refractivity contribution in [2.24, 2.45) is 0 Å². The average molecular weight is 205 g/mol. The van der Waals surface area contributed by atoms with E-state index in [1.807, 2.05) is 0 Å². The van der Waals surface area contributed by atoms with Crippen molar-refractivity contribution < 1.29 is 10.2 Å². The van der Waals surface area contributed by atoms with E-state index in [2.05, 4.69) is 5.32 Å². The molecule has 0 radical (unpaired) electrons. The first-order valence-electron chi connectivity index (χ1n) is 5.47. The largest absolute Gasteiger partial charge is 0.504 e. The van der Waals surface area contributed by atoms with Gasteiger partial charge in [-0.15, -0.1) is 0 Å². The van der Waals surface area contributed by atoms with E-state index in [0.717, 1.165) is 19.4 Å². The lowest BCUT2D eigenvalue weighted by Gasteiger charge is -2.22. The minimum Gasteiger partial charge on any atom is -0.504 e. The number of rotatable bonds is 0. The Bertz CT molecular complexity index is 375. The number of fused-ring (bicyclic) bond motifs is 1. The molecule has 1 aromatic carbocycles. The van der Waals surface area contributed by atoms with Crippen molar-refractivity contribution >= 4 is 0 Å². The predicted molar refractivity (Wildman–Crippen MR) is 57.1 cm³/mol. The maximum atomic E-state index is 9.44. The van der Waals surface area contributed by atoms with Gasteiger partial charge in [-0.2, -0.15) is 0 Å². The molecule has 3 rings (SSSR count). The summed E-state index contributed by atoms with van der Waals surface area (Å²) in [4.78, 5) is 0. The first-order chi connectivity index (χ1) is 7.19. The van der Waals surface area contributed by atoms with Gasteiger partial charge in [0.2, 0.25) is 0 Å². The fraction of sp³-hybridized carbons (Fsp3) is 0.500. The normalized spacial score (nSPS) is 22.1. The Morgan fingerprint density at radius 2 is 1.67 bits per heavy atom. The molecule has 1 saturated heterocycles. The van der Waals surface area contributed by atoms with Crippen LogP contribution in [0.1, 0.15) is 24.0 Å². The van der Waals surface area contributed by atoms with Gasteiger partial charge < -0.3 is 15.5 Å². The molecule has 0 bridgehead atoms. The van der Waals surface area contributed by atoms with Gasteiger partial charge in [-0.25, -0.2) is 0 Å². The van der Waals surface area contributed by atoms with E-state index in [1.54, 1.807) is 12.1 Å². The van der Waals surface area contributed by atoms with Gasteiger partial charge in [0.25, 0.3) is 0 Å². The van der Waals surface area contributed by atoms with Crippen LogP contribution in [0.3, 0.4) is 0 Å². The first kappa shape index (κ1) is 9.04. The van der Waals surface area contributed by atoms with Gasteiger partial charge >= 0.3 is 0 Å². The van der Waals surface area contributed by atoms with Crippen LogP contribution in [0.15, 0.2) is 12.1 Å². The van der Waals surface area contributed by atoms with Crippen LogP contribution >= 0.6 is 0 Å². The SMILES string of the molecule is Oc1cc2c(cc1O)CC1(CCCN1)C2. The summed E-state index contributed by atoms with van der Waals surface area (Å²) in [5.74, 6) is 0.00703. The van der Waals surface area contributed by atoms with E-state index in [1.165, 1.54) is 24.0 Å². The van der Waals surface area contributed by atoms with Gasteiger partial charge in [0, 0.05) is 5.54 Å². The van der Waals surface area contributed by atoms with Crippen LogP contribution in [0, 0.1) is 0 Å². The summed E-state index contributed by atoms with van der Waals surface area (Å²) in [5, 5.41) is 22.4. The van der Waals surface area contributed by atoms with Crippen molar-refractivity contribution in [3.8, 4) is 11.5 Å². The molecular formula is C12H15NO2. The average Bonchev–Trinajstić information content (AvgIpc) is 2.75. The second kappa shape index (κ2) is 2.89. The Balaban J connectivity index is 1.99. The number of hydrogen-bond donors (Lipinski definition) is 3. The Labute approximate surface area is 88.7 Å². The maximum absolute atomic E-state index is 9.44. The van der Waals surface area contributed by atoms with Crippen LogP contribution in [0.5, 0.6) is 11.5 Å². The lowest BCUT2D eigenvalue weighted by atomic mass is 9.94. The topological polar surface area (TPSA) is 52.5 Å². The summed E-state index contributed by atoms with van der Waals surface area (Å²) in [6.07, 6.45) is 4.39. The van der Waals surface area contributed by atoms with E-state index in [9.17, 15) is 10.2 Å². The molecule has 80 valence electrons. The molecule has 1 spiro atoms. The van der Waals surface area contributed by atoms with Crippen LogP contribution in [0.25, 0.3) is 0 Å². The fourth-order valence-electron chi connectivity index (χ4n) is 2.95. The number of benzene rings is 1. The summed E-state index contributed by atoms with van der Waals surface area (Å²) in [6.45, 7) is 1.09. The Hall–Kier alpha value is -1.22. The van der Waals surface area contributed by atoms with Crippen LogP contribution in [0.2, 0.25) is 0 Å². The quantitative estimate of drug-likeness (QED) is 0.560. The fourth-order valence-corrected chi connectivity index (χ4v) is 2.95. The lowest BCUT2D eigenvalue weighted by Crippen LogP contribution is -2.40. The second-order valence-corrected chi connectivity index (χ2v) is 4.77. The van der Waals surface area contributed by atoms with Crippen molar-refractivity contribution in [3.63, 3.8) is 0 Å². The highest BCUT2D eigenvalue weighted by Gasteiger charge is 2.39. The smallest absolute Gasteiger partial charge is 0.157 e. The minimum absolute atomic E-state index is 0.00352. The Kier molecular flexibility index (Phi) is 1.74. The van der Waals surface area contributed by atoms with Gasteiger partial charge in [0.05, 0.1) is 0 Å². The van der Waals surface area contributed by atoms with E-state index in [-0.39, 0.29) is 17.0 Å². The molecule has 1 aliphatic heterocycles. The first-order valence-corrected chi connectivity index (χ1v) is 5.47. The highest BCUT2D eigenvalue weighted by molar-refractivity contribution is 5.49. The zero-order valence-corrected chi connectivity index (χ0v) is 8.58. The third-order valence-corrected chi connectivity index (χ3v) is 3.69. The third kappa shape index (κ3) is 1.30. The molecule has 15 heavy (non-hydrogen) atoms. The number of nitrogens with one attached hydrogen (secondary N) is 1. The summed E-state index contributed by atoms with van der Waals surface area (Å²) < 4.78 is 0. The van der Waals surface area contributed by atoms with Gasteiger partial charge in [-0.1, -0.05) is 0 Å². The number of hydrogen-bond acceptors (Lipinski definition) is 3. The van der Waals surface area contributed by atoms with Crippen molar-refractivity contribution in [2.75, 3.05) is 6.54 Å². The molecule has 0 unspecified atom stereocenters.